The van der Waals surface area contributed by atoms with Gasteiger partial charge in [-0.1, -0.05) is 27.7 Å². The fourth-order valence-corrected chi connectivity index (χ4v) is 2.76. The first-order valence-electron chi connectivity index (χ1n) is 7.94. The highest BCUT2D eigenvalue weighted by molar-refractivity contribution is 4.84. The smallest absolute Gasteiger partial charge is 0.0632 e. The van der Waals surface area contributed by atoms with Gasteiger partial charge in [0.1, 0.15) is 0 Å². The Balaban J connectivity index is 2.50. The highest BCUT2D eigenvalue weighted by atomic mass is 16.3. The Kier molecular flexibility index (Phi) is 6.28. The van der Waals surface area contributed by atoms with E-state index in [0.29, 0.717) is 11.5 Å². The Morgan fingerprint density at radius 3 is 2.58 bits per heavy atom. The number of hydrogen-bond donors (Lipinski definition) is 2. The average Bonchev–Trinajstić information content (AvgIpc) is 2.49. The van der Waals surface area contributed by atoms with Gasteiger partial charge in [0.2, 0.25) is 0 Å². The van der Waals surface area contributed by atoms with Crippen LogP contribution >= 0.6 is 0 Å². The number of nitrogens with zero attached hydrogens (tertiary/aromatic N) is 1. The molecule has 0 aliphatic carbocycles. The third-order valence-corrected chi connectivity index (χ3v) is 4.55. The van der Waals surface area contributed by atoms with E-state index in [4.69, 9.17) is 0 Å². The molecule has 114 valence electrons. The van der Waals surface area contributed by atoms with Gasteiger partial charge < -0.3 is 15.3 Å². The minimum atomic E-state index is -0.451. The topological polar surface area (TPSA) is 35.5 Å². The standard InChI is InChI=1S/C16H34N2O/c1-6-15(4,12-17-14(2)3)13-18-10-7-8-16(5,19)9-11-18/h14,17,19H,6-13H2,1-5H3. The maximum atomic E-state index is 10.2. The SMILES string of the molecule is CCC(C)(CNC(C)C)CN1CCCC(C)(O)CC1. The lowest BCUT2D eigenvalue weighted by Gasteiger charge is -2.35. The summed E-state index contributed by atoms with van der Waals surface area (Å²) in [5.41, 5.74) is -0.117. The molecule has 0 aromatic carbocycles. The predicted octanol–water partition coefficient (Wildman–Crippen LogP) is 2.64. The van der Waals surface area contributed by atoms with Gasteiger partial charge in [-0.25, -0.2) is 0 Å². The lowest BCUT2D eigenvalue weighted by Crippen LogP contribution is -2.44. The van der Waals surface area contributed by atoms with E-state index in [0.717, 1.165) is 45.4 Å². The Morgan fingerprint density at radius 2 is 2.00 bits per heavy atom. The molecule has 0 aromatic rings. The van der Waals surface area contributed by atoms with Crippen molar-refractivity contribution in [1.29, 1.82) is 0 Å². The van der Waals surface area contributed by atoms with Gasteiger partial charge >= 0.3 is 0 Å². The van der Waals surface area contributed by atoms with Crippen molar-refractivity contribution >= 4 is 0 Å². The van der Waals surface area contributed by atoms with Gasteiger partial charge in [0.05, 0.1) is 5.60 Å². The molecule has 3 nitrogen and oxygen atoms in total. The zero-order valence-electron chi connectivity index (χ0n) is 13.6. The van der Waals surface area contributed by atoms with Crippen LogP contribution in [0.5, 0.6) is 0 Å². The first kappa shape index (κ1) is 16.9. The van der Waals surface area contributed by atoms with Gasteiger partial charge in [-0.3, -0.25) is 0 Å². The summed E-state index contributed by atoms with van der Waals surface area (Å²) >= 11 is 0. The van der Waals surface area contributed by atoms with Crippen molar-refractivity contribution in [1.82, 2.24) is 10.2 Å². The van der Waals surface area contributed by atoms with E-state index in [9.17, 15) is 5.11 Å². The second kappa shape index (κ2) is 7.05. The summed E-state index contributed by atoms with van der Waals surface area (Å²) in [6.07, 6.45) is 4.16. The molecular formula is C16H34N2O. The molecule has 0 aromatic heterocycles. The maximum Gasteiger partial charge on any atom is 0.0632 e. The first-order valence-corrected chi connectivity index (χ1v) is 7.94. The van der Waals surface area contributed by atoms with E-state index in [1.54, 1.807) is 0 Å². The summed E-state index contributed by atoms with van der Waals surface area (Å²) in [5, 5.41) is 13.7. The predicted molar refractivity (Wildman–Crippen MR) is 82.5 cm³/mol. The van der Waals surface area contributed by atoms with Crippen LogP contribution in [0.3, 0.4) is 0 Å². The number of nitrogens with one attached hydrogen (secondary N) is 1. The molecule has 1 aliphatic heterocycles. The lowest BCUT2D eigenvalue weighted by molar-refractivity contribution is 0.0428. The summed E-state index contributed by atoms with van der Waals surface area (Å²) in [4.78, 5) is 2.55. The van der Waals surface area contributed by atoms with Crippen LogP contribution in [0.15, 0.2) is 0 Å². The zero-order chi connectivity index (χ0) is 14.5. The number of aliphatic hydroxyl groups is 1. The maximum absolute atomic E-state index is 10.2. The number of hydrogen-bond acceptors (Lipinski definition) is 3. The second-order valence-electron chi connectivity index (χ2n) is 7.33. The summed E-state index contributed by atoms with van der Waals surface area (Å²) < 4.78 is 0. The van der Waals surface area contributed by atoms with Gasteiger partial charge in [-0.05, 0) is 44.6 Å². The summed E-state index contributed by atoms with van der Waals surface area (Å²) in [5.74, 6) is 0. The van der Waals surface area contributed by atoms with Gasteiger partial charge in [0.25, 0.3) is 0 Å². The summed E-state index contributed by atoms with van der Waals surface area (Å²) in [6, 6.07) is 0.552. The molecule has 0 spiro atoms. The van der Waals surface area contributed by atoms with Crippen molar-refractivity contribution in [2.75, 3.05) is 26.2 Å². The highest BCUT2D eigenvalue weighted by Gasteiger charge is 2.29. The van der Waals surface area contributed by atoms with Crippen LogP contribution < -0.4 is 5.32 Å². The van der Waals surface area contributed by atoms with Gasteiger partial charge in [-0.15, -0.1) is 0 Å². The average molecular weight is 270 g/mol. The zero-order valence-corrected chi connectivity index (χ0v) is 13.6. The molecule has 1 saturated heterocycles. The molecule has 2 atom stereocenters. The van der Waals surface area contributed by atoms with Crippen LogP contribution in [-0.4, -0.2) is 47.8 Å². The molecule has 2 N–H and O–H groups in total. The van der Waals surface area contributed by atoms with E-state index in [1.165, 1.54) is 6.42 Å². The van der Waals surface area contributed by atoms with E-state index < -0.39 is 5.60 Å². The van der Waals surface area contributed by atoms with Crippen molar-refractivity contribution in [2.45, 2.75) is 71.9 Å². The van der Waals surface area contributed by atoms with Crippen molar-refractivity contribution < 1.29 is 5.11 Å². The van der Waals surface area contributed by atoms with E-state index in [2.05, 4.69) is 37.9 Å². The molecule has 0 radical (unpaired) electrons. The fourth-order valence-electron chi connectivity index (χ4n) is 2.76. The minimum absolute atomic E-state index is 0.334. The molecule has 1 rings (SSSR count). The van der Waals surface area contributed by atoms with Crippen molar-refractivity contribution in [3.8, 4) is 0 Å². The van der Waals surface area contributed by atoms with E-state index >= 15 is 0 Å². The fraction of sp³-hybridized carbons (Fsp3) is 1.00. The summed E-state index contributed by atoms with van der Waals surface area (Å²) in [7, 11) is 0. The van der Waals surface area contributed by atoms with Crippen LogP contribution in [0.25, 0.3) is 0 Å². The molecule has 19 heavy (non-hydrogen) atoms. The van der Waals surface area contributed by atoms with Crippen LogP contribution in [0.1, 0.15) is 60.3 Å². The molecule has 0 bridgehead atoms. The second-order valence-corrected chi connectivity index (χ2v) is 7.33. The van der Waals surface area contributed by atoms with Crippen LogP contribution in [0.2, 0.25) is 0 Å². The van der Waals surface area contributed by atoms with Crippen molar-refractivity contribution in [3.05, 3.63) is 0 Å². The van der Waals surface area contributed by atoms with E-state index in [1.807, 2.05) is 6.92 Å². The van der Waals surface area contributed by atoms with Crippen molar-refractivity contribution in [2.24, 2.45) is 5.41 Å². The van der Waals surface area contributed by atoms with Crippen LogP contribution in [0, 0.1) is 5.41 Å². The molecule has 1 aliphatic rings. The van der Waals surface area contributed by atoms with E-state index in [-0.39, 0.29) is 0 Å². The summed E-state index contributed by atoms with van der Waals surface area (Å²) in [6.45, 7) is 15.4. The monoisotopic (exact) mass is 270 g/mol. The highest BCUT2D eigenvalue weighted by Crippen LogP contribution is 2.26. The van der Waals surface area contributed by atoms with Crippen LogP contribution in [-0.2, 0) is 0 Å². The Morgan fingerprint density at radius 1 is 1.32 bits per heavy atom. The lowest BCUT2D eigenvalue weighted by atomic mass is 9.86. The molecular weight excluding hydrogens is 236 g/mol. The molecule has 0 amide bonds. The van der Waals surface area contributed by atoms with Gasteiger partial charge in [-0.2, -0.15) is 0 Å². The van der Waals surface area contributed by atoms with Crippen molar-refractivity contribution in [3.63, 3.8) is 0 Å². The molecule has 1 fully saturated rings. The normalized spacial score (nSPS) is 29.2. The number of rotatable bonds is 6. The number of likely N-dealkylation sites (tertiary alicyclic amines) is 1. The van der Waals surface area contributed by atoms with Crippen LogP contribution in [0.4, 0.5) is 0 Å². The Hall–Kier alpha value is -0.120. The Labute approximate surface area is 119 Å². The largest absolute Gasteiger partial charge is 0.390 e. The first-order chi connectivity index (χ1) is 8.76. The third-order valence-electron chi connectivity index (χ3n) is 4.55. The van der Waals surface area contributed by atoms with Gasteiger partial charge in [0.15, 0.2) is 0 Å². The molecule has 0 saturated carbocycles. The molecule has 3 heteroatoms. The van der Waals surface area contributed by atoms with Gasteiger partial charge in [0, 0.05) is 25.7 Å². The quantitative estimate of drug-likeness (QED) is 0.779. The Bertz CT molecular complexity index is 265. The molecule has 2 unspecified atom stereocenters. The third kappa shape index (κ3) is 6.24. The minimum Gasteiger partial charge on any atom is -0.390 e. The molecule has 1 heterocycles.